The van der Waals surface area contributed by atoms with Crippen molar-refractivity contribution in [2.24, 2.45) is 0 Å². The second-order valence-electron chi connectivity index (χ2n) is 3.70. The zero-order chi connectivity index (χ0) is 10.5. The molecule has 0 saturated carbocycles. The minimum atomic E-state index is 0.596. The minimum absolute atomic E-state index is 0.596. The summed E-state index contributed by atoms with van der Waals surface area (Å²) in [4.78, 5) is 4.17. The fourth-order valence-electron chi connectivity index (χ4n) is 1.69. The molecule has 1 aliphatic heterocycles. The van der Waals surface area contributed by atoms with E-state index >= 15 is 0 Å². The topological polar surface area (TPSA) is 52.0 Å². The summed E-state index contributed by atoms with van der Waals surface area (Å²) in [7, 11) is 0. The van der Waals surface area contributed by atoms with Crippen LogP contribution in [0.4, 0.5) is 5.82 Å². The maximum Gasteiger partial charge on any atom is 0.140 e. The Labute approximate surface area is 89.5 Å². The van der Waals surface area contributed by atoms with Crippen LogP contribution in [0.3, 0.4) is 0 Å². The van der Waals surface area contributed by atoms with Crippen LogP contribution < -0.4 is 5.43 Å². The average molecular weight is 202 g/mol. The first-order chi connectivity index (χ1) is 7.38. The number of piperidine rings is 1. The Hall–Kier alpha value is -1.60. The standard InChI is InChI=1S/C11H14N4/c12-8-10-4-5-11(13-9-10)14-15-6-2-1-3-7-15/h4-5,9H,1-3,6-7H2,(H,13,14). The van der Waals surface area contributed by atoms with Crippen LogP contribution in [-0.2, 0) is 0 Å². The average Bonchev–Trinajstić information content (AvgIpc) is 2.31. The first kappa shape index (κ1) is 9.94. The molecule has 4 heteroatoms. The highest BCUT2D eigenvalue weighted by molar-refractivity contribution is 5.38. The third kappa shape index (κ3) is 2.67. The van der Waals surface area contributed by atoms with Crippen molar-refractivity contribution < 1.29 is 0 Å². The van der Waals surface area contributed by atoms with E-state index in [0.717, 1.165) is 18.9 Å². The van der Waals surface area contributed by atoms with Crippen molar-refractivity contribution in [2.75, 3.05) is 18.5 Å². The molecular formula is C11H14N4. The second kappa shape index (κ2) is 4.76. The molecule has 0 spiro atoms. The van der Waals surface area contributed by atoms with Crippen LogP contribution >= 0.6 is 0 Å². The molecule has 1 aromatic heterocycles. The molecule has 0 amide bonds. The predicted molar refractivity (Wildman–Crippen MR) is 58.0 cm³/mol. The highest BCUT2D eigenvalue weighted by Crippen LogP contribution is 2.11. The van der Waals surface area contributed by atoms with Gasteiger partial charge in [0.05, 0.1) is 5.56 Å². The molecule has 0 aromatic carbocycles. The number of hydrogen-bond donors (Lipinski definition) is 1. The van der Waals surface area contributed by atoms with Gasteiger partial charge in [-0.05, 0) is 25.0 Å². The summed E-state index contributed by atoms with van der Waals surface area (Å²) in [6, 6.07) is 5.67. The number of hydrazine groups is 1. The maximum absolute atomic E-state index is 8.63. The number of nitrogens with zero attached hydrogens (tertiary/aromatic N) is 3. The van der Waals surface area contributed by atoms with Crippen LogP contribution in [0.5, 0.6) is 0 Å². The van der Waals surface area contributed by atoms with Crippen molar-refractivity contribution in [2.45, 2.75) is 19.3 Å². The zero-order valence-electron chi connectivity index (χ0n) is 8.61. The van der Waals surface area contributed by atoms with Crippen molar-refractivity contribution in [1.29, 1.82) is 5.26 Å². The number of hydrogen-bond acceptors (Lipinski definition) is 4. The van der Waals surface area contributed by atoms with Gasteiger partial charge < -0.3 is 5.43 Å². The van der Waals surface area contributed by atoms with E-state index in [4.69, 9.17) is 5.26 Å². The lowest BCUT2D eigenvalue weighted by Crippen LogP contribution is -2.35. The summed E-state index contributed by atoms with van der Waals surface area (Å²) in [5, 5.41) is 10.8. The summed E-state index contributed by atoms with van der Waals surface area (Å²) in [6.45, 7) is 2.14. The highest BCUT2D eigenvalue weighted by atomic mass is 15.5. The molecule has 1 saturated heterocycles. The van der Waals surface area contributed by atoms with Gasteiger partial charge in [-0.25, -0.2) is 9.99 Å². The molecule has 0 aliphatic carbocycles. The van der Waals surface area contributed by atoms with Gasteiger partial charge in [0.2, 0.25) is 0 Å². The number of nitrogens with one attached hydrogen (secondary N) is 1. The molecule has 1 N–H and O–H groups in total. The molecule has 1 aliphatic rings. The van der Waals surface area contributed by atoms with E-state index in [1.807, 2.05) is 6.07 Å². The minimum Gasteiger partial charge on any atom is -0.303 e. The van der Waals surface area contributed by atoms with Crippen LogP contribution in [0.15, 0.2) is 18.3 Å². The number of aromatic nitrogens is 1. The van der Waals surface area contributed by atoms with Crippen molar-refractivity contribution in [3.63, 3.8) is 0 Å². The summed E-state index contributed by atoms with van der Waals surface area (Å²) in [5.74, 6) is 0.816. The monoisotopic (exact) mass is 202 g/mol. The third-order valence-electron chi connectivity index (χ3n) is 2.52. The SMILES string of the molecule is N#Cc1ccc(NN2CCCCC2)nc1. The highest BCUT2D eigenvalue weighted by Gasteiger charge is 2.09. The number of rotatable bonds is 2. The molecular weight excluding hydrogens is 188 g/mol. The Kier molecular flexibility index (Phi) is 3.15. The zero-order valence-corrected chi connectivity index (χ0v) is 8.61. The van der Waals surface area contributed by atoms with Crippen molar-refractivity contribution in [3.05, 3.63) is 23.9 Å². The molecule has 1 fully saturated rings. The molecule has 15 heavy (non-hydrogen) atoms. The third-order valence-corrected chi connectivity index (χ3v) is 2.52. The summed E-state index contributed by atoms with van der Waals surface area (Å²) >= 11 is 0. The van der Waals surface area contributed by atoms with Gasteiger partial charge in [-0.15, -0.1) is 0 Å². The smallest absolute Gasteiger partial charge is 0.140 e. The largest absolute Gasteiger partial charge is 0.303 e. The van der Waals surface area contributed by atoms with Gasteiger partial charge in [-0.1, -0.05) is 6.42 Å². The van der Waals surface area contributed by atoms with Gasteiger partial charge in [-0.2, -0.15) is 5.26 Å². The van der Waals surface area contributed by atoms with Crippen LogP contribution in [-0.4, -0.2) is 23.1 Å². The van der Waals surface area contributed by atoms with Gasteiger partial charge in [-0.3, -0.25) is 0 Å². The molecule has 4 nitrogen and oxygen atoms in total. The Morgan fingerprint density at radius 2 is 2.07 bits per heavy atom. The van der Waals surface area contributed by atoms with Crippen molar-refractivity contribution in [1.82, 2.24) is 9.99 Å². The van der Waals surface area contributed by atoms with E-state index < -0.39 is 0 Å². The molecule has 0 unspecified atom stereocenters. The fraction of sp³-hybridized carbons (Fsp3) is 0.455. The van der Waals surface area contributed by atoms with Gasteiger partial charge in [0, 0.05) is 19.3 Å². The molecule has 0 bridgehead atoms. The molecule has 2 rings (SSSR count). The van der Waals surface area contributed by atoms with E-state index in [-0.39, 0.29) is 0 Å². The first-order valence-corrected chi connectivity index (χ1v) is 5.26. The second-order valence-corrected chi connectivity index (χ2v) is 3.70. The molecule has 2 heterocycles. The van der Waals surface area contributed by atoms with Gasteiger partial charge >= 0.3 is 0 Å². The Morgan fingerprint density at radius 3 is 2.67 bits per heavy atom. The van der Waals surface area contributed by atoms with Crippen LogP contribution in [0.2, 0.25) is 0 Å². The normalized spacial score (nSPS) is 17.0. The quantitative estimate of drug-likeness (QED) is 0.794. The molecule has 0 radical (unpaired) electrons. The first-order valence-electron chi connectivity index (χ1n) is 5.26. The van der Waals surface area contributed by atoms with E-state index in [1.165, 1.54) is 19.3 Å². The molecule has 78 valence electrons. The summed E-state index contributed by atoms with van der Waals surface area (Å²) < 4.78 is 0. The number of pyridine rings is 1. The van der Waals surface area contributed by atoms with E-state index in [1.54, 1.807) is 12.3 Å². The van der Waals surface area contributed by atoms with Crippen molar-refractivity contribution >= 4 is 5.82 Å². The summed E-state index contributed by atoms with van der Waals surface area (Å²) in [5.41, 5.74) is 3.84. The molecule has 1 aromatic rings. The van der Waals surface area contributed by atoms with E-state index in [9.17, 15) is 0 Å². The summed E-state index contributed by atoms with van der Waals surface area (Å²) in [6.07, 6.45) is 5.39. The Balaban J connectivity index is 1.95. The number of anilines is 1. The Morgan fingerprint density at radius 1 is 1.27 bits per heavy atom. The maximum atomic E-state index is 8.63. The lowest BCUT2D eigenvalue weighted by Gasteiger charge is -2.27. The Bertz CT molecular complexity index is 346. The van der Waals surface area contributed by atoms with Crippen LogP contribution in [0, 0.1) is 11.3 Å². The van der Waals surface area contributed by atoms with Gasteiger partial charge in [0.1, 0.15) is 11.9 Å². The fourth-order valence-corrected chi connectivity index (χ4v) is 1.69. The van der Waals surface area contributed by atoms with Gasteiger partial charge in [0.25, 0.3) is 0 Å². The lowest BCUT2D eigenvalue weighted by molar-refractivity contribution is 0.272. The van der Waals surface area contributed by atoms with E-state index in [2.05, 4.69) is 21.5 Å². The van der Waals surface area contributed by atoms with Crippen LogP contribution in [0.25, 0.3) is 0 Å². The number of nitriles is 1. The van der Waals surface area contributed by atoms with Crippen molar-refractivity contribution in [3.8, 4) is 6.07 Å². The predicted octanol–water partition coefficient (Wildman–Crippen LogP) is 1.77. The van der Waals surface area contributed by atoms with Gasteiger partial charge in [0.15, 0.2) is 0 Å². The van der Waals surface area contributed by atoms with Crippen LogP contribution in [0.1, 0.15) is 24.8 Å². The van der Waals surface area contributed by atoms with E-state index in [0.29, 0.717) is 5.56 Å². The molecule has 0 atom stereocenters. The lowest BCUT2D eigenvalue weighted by atomic mass is 10.2.